The fraction of sp³-hybridized carbons (Fsp3) is 0.393. The van der Waals surface area contributed by atoms with Crippen LogP contribution >= 0.6 is 0 Å². The van der Waals surface area contributed by atoms with Gasteiger partial charge in [-0.15, -0.1) is 0 Å². The number of furan rings is 1. The van der Waals surface area contributed by atoms with Gasteiger partial charge in [-0.25, -0.2) is 0 Å². The first-order chi connectivity index (χ1) is 17.4. The van der Waals surface area contributed by atoms with Crippen LogP contribution in [-0.4, -0.2) is 53.5 Å². The molecule has 8 nitrogen and oxygen atoms in total. The first-order valence-electron chi connectivity index (χ1n) is 12.3. The number of ether oxygens (including phenoxy) is 1. The largest absolute Gasteiger partial charge is 0.464 e. The molecule has 2 aromatic carbocycles. The van der Waals surface area contributed by atoms with Crippen LogP contribution in [0.5, 0.6) is 0 Å². The van der Waals surface area contributed by atoms with Crippen molar-refractivity contribution in [1.29, 1.82) is 0 Å². The molecule has 0 spiro atoms. The van der Waals surface area contributed by atoms with Crippen molar-refractivity contribution in [3.05, 3.63) is 99.5 Å². The third-order valence-corrected chi connectivity index (χ3v) is 5.89. The number of carbonyl (C=O) groups excluding carboxylic acids is 1. The van der Waals surface area contributed by atoms with Gasteiger partial charge in [0.05, 0.1) is 18.0 Å². The number of hydrogen-bond donors (Lipinski definition) is 0. The summed E-state index contributed by atoms with van der Waals surface area (Å²) in [5, 5.41) is 11.0. The Morgan fingerprint density at radius 3 is 2.36 bits per heavy atom. The molecule has 0 unspecified atom stereocenters. The van der Waals surface area contributed by atoms with E-state index in [9.17, 15) is 14.9 Å². The Morgan fingerprint density at radius 1 is 0.972 bits per heavy atom. The van der Waals surface area contributed by atoms with Crippen LogP contribution in [0.3, 0.4) is 0 Å². The number of hydrogen-bond acceptors (Lipinski definition) is 6. The van der Waals surface area contributed by atoms with Crippen LogP contribution in [0.1, 0.15) is 36.0 Å². The molecule has 0 aliphatic rings. The molecule has 0 fully saturated rings. The number of nitro benzene ring substituents is 1. The molecular formula is C28H35N3O5. The van der Waals surface area contributed by atoms with Crippen molar-refractivity contribution in [3.8, 4) is 0 Å². The Hall–Kier alpha value is -3.49. The predicted octanol–water partition coefficient (Wildman–Crippen LogP) is 5.00. The molecule has 3 rings (SSSR count). The fourth-order valence-corrected chi connectivity index (χ4v) is 3.98. The molecule has 0 atom stereocenters. The van der Waals surface area contributed by atoms with Gasteiger partial charge < -0.3 is 14.1 Å². The summed E-state index contributed by atoms with van der Waals surface area (Å²) < 4.78 is 11.2. The minimum absolute atomic E-state index is 0.0123. The highest BCUT2D eigenvalue weighted by Gasteiger charge is 2.20. The predicted molar refractivity (Wildman–Crippen MR) is 138 cm³/mol. The maximum absolute atomic E-state index is 13.5. The molecule has 0 N–H and O–H groups in total. The average Bonchev–Trinajstić information content (AvgIpc) is 3.29. The number of nitrogens with zero attached hydrogens (tertiary/aromatic N) is 3. The summed E-state index contributed by atoms with van der Waals surface area (Å²) >= 11 is 0. The van der Waals surface area contributed by atoms with Crippen LogP contribution in [0.4, 0.5) is 5.69 Å². The number of amides is 1. The lowest BCUT2D eigenvalue weighted by Crippen LogP contribution is -2.41. The molecule has 0 radical (unpaired) electrons. The maximum Gasteiger partial charge on any atom is 0.269 e. The summed E-state index contributed by atoms with van der Waals surface area (Å²) in [6, 6.07) is 20.4. The van der Waals surface area contributed by atoms with Gasteiger partial charge in [-0.3, -0.25) is 19.8 Å². The first kappa shape index (κ1) is 27.1. The van der Waals surface area contributed by atoms with Crippen molar-refractivity contribution in [2.24, 2.45) is 0 Å². The van der Waals surface area contributed by atoms with E-state index in [2.05, 4.69) is 17.0 Å². The van der Waals surface area contributed by atoms with Crippen molar-refractivity contribution >= 4 is 11.6 Å². The molecule has 1 aromatic heterocycles. The van der Waals surface area contributed by atoms with E-state index in [1.807, 2.05) is 49.1 Å². The van der Waals surface area contributed by atoms with Gasteiger partial charge in [0.1, 0.15) is 11.5 Å². The van der Waals surface area contributed by atoms with E-state index in [-0.39, 0.29) is 18.1 Å². The lowest BCUT2D eigenvalue weighted by atomic mass is 10.1. The molecule has 3 aromatic rings. The Kier molecular flexibility index (Phi) is 10.7. The zero-order chi connectivity index (χ0) is 25.8. The summed E-state index contributed by atoms with van der Waals surface area (Å²) in [5.74, 6) is 1.58. The topological polar surface area (TPSA) is 89.1 Å². The van der Waals surface area contributed by atoms with E-state index in [1.54, 1.807) is 12.1 Å². The lowest BCUT2D eigenvalue weighted by Gasteiger charge is -2.27. The highest BCUT2D eigenvalue weighted by atomic mass is 16.6. The second-order valence-electron chi connectivity index (χ2n) is 8.75. The van der Waals surface area contributed by atoms with Gasteiger partial charge >= 0.3 is 0 Å². The summed E-state index contributed by atoms with van der Waals surface area (Å²) in [6.45, 7) is 7.52. The summed E-state index contributed by atoms with van der Waals surface area (Å²) in [5.41, 5.74) is 2.14. The number of nitro groups is 1. The van der Waals surface area contributed by atoms with Crippen LogP contribution in [0.2, 0.25) is 0 Å². The second kappa shape index (κ2) is 14.2. The molecule has 8 heteroatoms. The summed E-state index contributed by atoms with van der Waals surface area (Å²) in [4.78, 5) is 28.0. The Morgan fingerprint density at radius 2 is 1.72 bits per heavy atom. The lowest BCUT2D eigenvalue weighted by molar-refractivity contribution is -0.384. The normalized spacial score (nSPS) is 11.1. The standard InChI is InChI=1S/C28H35N3O5/c1-3-35-19-7-17-29(20-25-11-13-26(14-12-25)31(33)34)22-28(32)30(21-27-15-10-23(2)36-27)18-16-24-8-5-4-6-9-24/h4-6,8-15H,3,7,16-22H2,1-2H3. The van der Waals surface area contributed by atoms with Crippen LogP contribution in [-0.2, 0) is 29.0 Å². The van der Waals surface area contributed by atoms with Gasteiger partial charge in [0.2, 0.25) is 5.91 Å². The van der Waals surface area contributed by atoms with Crippen molar-refractivity contribution in [2.45, 2.75) is 39.8 Å². The minimum Gasteiger partial charge on any atom is -0.464 e. The molecule has 36 heavy (non-hydrogen) atoms. The van der Waals surface area contributed by atoms with Gasteiger partial charge in [-0.2, -0.15) is 0 Å². The minimum atomic E-state index is -0.409. The Labute approximate surface area is 212 Å². The number of rotatable bonds is 15. The number of benzene rings is 2. The zero-order valence-electron chi connectivity index (χ0n) is 21.1. The number of carbonyl (C=O) groups is 1. The summed E-state index contributed by atoms with van der Waals surface area (Å²) in [7, 11) is 0. The van der Waals surface area contributed by atoms with E-state index in [0.29, 0.717) is 39.4 Å². The van der Waals surface area contributed by atoms with Gasteiger partial charge in [0.15, 0.2) is 0 Å². The quantitative estimate of drug-likeness (QED) is 0.168. The smallest absolute Gasteiger partial charge is 0.269 e. The van der Waals surface area contributed by atoms with Gasteiger partial charge in [0.25, 0.3) is 5.69 Å². The van der Waals surface area contributed by atoms with Crippen molar-refractivity contribution < 1.29 is 18.9 Å². The van der Waals surface area contributed by atoms with E-state index < -0.39 is 4.92 Å². The third kappa shape index (κ3) is 8.94. The van der Waals surface area contributed by atoms with Crippen molar-refractivity contribution in [1.82, 2.24) is 9.80 Å². The number of non-ortho nitro benzene ring substituents is 1. The Balaban J connectivity index is 1.70. The van der Waals surface area contributed by atoms with E-state index in [1.165, 1.54) is 17.7 Å². The van der Waals surface area contributed by atoms with Crippen LogP contribution in [0, 0.1) is 17.0 Å². The highest BCUT2D eigenvalue weighted by molar-refractivity contribution is 5.78. The van der Waals surface area contributed by atoms with E-state index >= 15 is 0 Å². The number of aryl methyl sites for hydroxylation is 1. The molecule has 0 saturated heterocycles. The Bertz CT molecular complexity index is 1080. The SMILES string of the molecule is CCOCCCN(CC(=O)N(CCc1ccccc1)Cc1ccc(C)o1)Cc1ccc([N+](=O)[O-])cc1. The van der Waals surface area contributed by atoms with E-state index in [4.69, 9.17) is 9.15 Å². The monoisotopic (exact) mass is 493 g/mol. The molecular weight excluding hydrogens is 458 g/mol. The maximum atomic E-state index is 13.5. The highest BCUT2D eigenvalue weighted by Crippen LogP contribution is 2.15. The molecule has 0 aliphatic heterocycles. The average molecular weight is 494 g/mol. The van der Waals surface area contributed by atoms with Crippen molar-refractivity contribution in [3.63, 3.8) is 0 Å². The molecule has 0 bridgehead atoms. The van der Waals surface area contributed by atoms with E-state index in [0.717, 1.165) is 29.9 Å². The zero-order valence-corrected chi connectivity index (χ0v) is 21.1. The van der Waals surface area contributed by atoms with Gasteiger partial charge in [-0.05, 0) is 49.9 Å². The van der Waals surface area contributed by atoms with Crippen LogP contribution < -0.4 is 0 Å². The van der Waals surface area contributed by atoms with Crippen LogP contribution in [0.15, 0.2) is 71.1 Å². The van der Waals surface area contributed by atoms with Crippen LogP contribution in [0.25, 0.3) is 0 Å². The van der Waals surface area contributed by atoms with Gasteiger partial charge in [0, 0.05) is 45.0 Å². The third-order valence-electron chi connectivity index (χ3n) is 5.89. The van der Waals surface area contributed by atoms with Crippen molar-refractivity contribution in [2.75, 3.05) is 32.8 Å². The molecule has 192 valence electrons. The molecule has 1 amide bonds. The molecule has 1 heterocycles. The van der Waals surface area contributed by atoms with Gasteiger partial charge in [-0.1, -0.05) is 42.5 Å². The molecule has 0 aliphatic carbocycles. The summed E-state index contributed by atoms with van der Waals surface area (Å²) in [6.07, 6.45) is 1.54. The molecule has 0 saturated carbocycles. The first-order valence-corrected chi connectivity index (χ1v) is 12.3. The fourth-order valence-electron chi connectivity index (χ4n) is 3.98. The second-order valence-corrected chi connectivity index (χ2v) is 8.75.